The fraction of sp³-hybridized carbons (Fsp3) is 0.0952. The third-order valence-electron chi connectivity index (χ3n) is 4.61. The number of H-pyrrole nitrogens is 1. The topological polar surface area (TPSA) is 78.5 Å². The molecule has 0 unspecified atom stereocenters. The van der Waals surface area contributed by atoms with Gasteiger partial charge in [0.2, 0.25) is 5.95 Å². The summed E-state index contributed by atoms with van der Waals surface area (Å²) in [6, 6.07) is 14.7. The number of anilines is 3. The number of hydrogen-bond donors (Lipinski definition) is 3. The number of nitrogens with one attached hydrogen (secondary N) is 3. The lowest BCUT2D eigenvalue weighted by atomic mass is 10.1. The number of aromatic amines is 1. The van der Waals surface area contributed by atoms with E-state index in [1.54, 1.807) is 23.7 Å². The Morgan fingerprint density at radius 2 is 1.90 bits per heavy atom. The third kappa shape index (κ3) is 3.74. The van der Waals surface area contributed by atoms with E-state index in [1.165, 1.54) is 17.7 Å². The van der Waals surface area contributed by atoms with E-state index in [4.69, 9.17) is 0 Å². The lowest BCUT2D eigenvalue weighted by Gasteiger charge is -2.07. The zero-order valence-corrected chi connectivity index (χ0v) is 16.1. The smallest absolute Gasteiger partial charge is 0.205 e. The average molecular weight is 404 g/mol. The fourth-order valence-electron chi connectivity index (χ4n) is 3.17. The molecule has 5 rings (SSSR count). The van der Waals surface area contributed by atoms with Crippen LogP contribution < -0.4 is 10.6 Å². The molecular formula is C21H17FN6S. The van der Waals surface area contributed by atoms with Gasteiger partial charge in [0.05, 0.1) is 21.3 Å². The Bertz CT molecular complexity index is 1280. The van der Waals surface area contributed by atoms with Crippen molar-refractivity contribution in [3.63, 3.8) is 0 Å². The van der Waals surface area contributed by atoms with Gasteiger partial charge in [-0.15, -0.1) is 11.3 Å². The van der Waals surface area contributed by atoms with Crippen molar-refractivity contribution in [3.8, 4) is 0 Å². The molecule has 0 spiro atoms. The Labute approximate surface area is 169 Å². The third-order valence-corrected chi connectivity index (χ3v) is 5.52. The average Bonchev–Trinajstić information content (AvgIpc) is 3.36. The second kappa shape index (κ2) is 7.48. The summed E-state index contributed by atoms with van der Waals surface area (Å²) in [6.45, 7) is 0.784. The molecule has 3 heterocycles. The van der Waals surface area contributed by atoms with Crippen molar-refractivity contribution in [2.75, 3.05) is 17.2 Å². The Morgan fingerprint density at radius 3 is 2.79 bits per heavy atom. The quantitative estimate of drug-likeness (QED) is 0.367. The number of fused-ring (bicyclic) bond motifs is 2. The predicted octanol–water partition coefficient (Wildman–Crippen LogP) is 5.10. The summed E-state index contributed by atoms with van der Waals surface area (Å²) in [7, 11) is 0. The molecule has 2 aromatic carbocycles. The minimum absolute atomic E-state index is 0.285. The van der Waals surface area contributed by atoms with Gasteiger partial charge in [-0.1, -0.05) is 12.1 Å². The molecule has 0 fully saturated rings. The van der Waals surface area contributed by atoms with Crippen LogP contribution >= 0.6 is 11.3 Å². The van der Waals surface area contributed by atoms with Gasteiger partial charge in [-0.2, -0.15) is 0 Å². The van der Waals surface area contributed by atoms with E-state index in [0.29, 0.717) is 11.5 Å². The van der Waals surface area contributed by atoms with Gasteiger partial charge in [-0.25, -0.2) is 19.3 Å². The predicted molar refractivity (Wildman–Crippen MR) is 115 cm³/mol. The minimum atomic E-state index is -0.285. The maximum atomic E-state index is 13.3. The molecular weight excluding hydrogens is 387 g/mol. The number of rotatable bonds is 6. The van der Waals surface area contributed by atoms with Gasteiger partial charge < -0.3 is 15.6 Å². The summed E-state index contributed by atoms with van der Waals surface area (Å²) in [6.07, 6.45) is 2.46. The highest BCUT2D eigenvalue weighted by atomic mass is 32.1. The number of imidazole rings is 1. The van der Waals surface area contributed by atoms with Crippen LogP contribution in [0.4, 0.5) is 21.8 Å². The first kappa shape index (κ1) is 17.6. The summed E-state index contributed by atoms with van der Waals surface area (Å²) in [4.78, 5) is 16.1. The van der Waals surface area contributed by atoms with E-state index in [1.807, 2.05) is 23.6 Å². The number of thiophene rings is 1. The van der Waals surface area contributed by atoms with Crippen LogP contribution in [0.1, 0.15) is 5.56 Å². The number of benzene rings is 2. The van der Waals surface area contributed by atoms with Gasteiger partial charge in [0.1, 0.15) is 18.0 Å². The largest absolute Gasteiger partial charge is 0.368 e. The molecule has 6 nitrogen and oxygen atoms in total. The molecule has 8 heteroatoms. The Balaban J connectivity index is 1.21. The first-order chi connectivity index (χ1) is 14.2. The summed E-state index contributed by atoms with van der Waals surface area (Å²) < 4.78 is 14.4. The van der Waals surface area contributed by atoms with E-state index >= 15 is 0 Å². The molecule has 3 aromatic heterocycles. The molecule has 29 heavy (non-hydrogen) atoms. The molecule has 0 atom stereocenters. The Kier molecular flexibility index (Phi) is 4.53. The van der Waals surface area contributed by atoms with Crippen LogP contribution in [-0.2, 0) is 6.42 Å². The monoisotopic (exact) mass is 404 g/mol. The van der Waals surface area contributed by atoms with Crippen LogP contribution in [0.5, 0.6) is 0 Å². The molecule has 0 aliphatic rings. The number of halogens is 1. The van der Waals surface area contributed by atoms with Crippen molar-refractivity contribution in [2.45, 2.75) is 6.42 Å². The minimum Gasteiger partial charge on any atom is -0.368 e. The van der Waals surface area contributed by atoms with Gasteiger partial charge in [0.25, 0.3) is 0 Å². The van der Waals surface area contributed by atoms with Crippen LogP contribution in [-0.4, -0.2) is 26.5 Å². The van der Waals surface area contributed by atoms with Gasteiger partial charge >= 0.3 is 0 Å². The van der Waals surface area contributed by atoms with E-state index in [0.717, 1.165) is 40.2 Å². The molecule has 0 aliphatic heterocycles. The maximum Gasteiger partial charge on any atom is 0.205 e. The van der Waals surface area contributed by atoms with Crippen molar-refractivity contribution in [3.05, 3.63) is 71.6 Å². The molecule has 5 aromatic rings. The molecule has 144 valence electrons. The molecule has 0 aliphatic carbocycles. The second-order valence-corrected chi connectivity index (χ2v) is 7.52. The first-order valence-electron chi connectivity index (χ1n) is 9.18. The molecule has 0 saturated heterocycles. The number of hydrogen-bond acceptors (Lipinski definition) is 6. The standard InChI is InChI=1S/C21H17FN6S/c22-14-3-6-16-18(11-14)28-21(27-16)26-15-4-1-13(2-5-15)7-9-23-20-19-17(8-10-29-19)24-12-25-20/h1-6,8,10-12H,7,9H2,(H,23,24,25)(H2,26,27,28). The summed E-state index contributed by atoms with van der Waals surface area (Å²) in [5.41, 5.74) is 4.49. The van der Waals surface area contributed by atoms with E-state index in [9.17, 15) is 4.39 Å². The van der Waals surface area contributed by atoms with Crippen molar-refractivity contribution in [1.82, 2.24) is 19.9 Å². The molecule has 0 saturated carbocycles. The maximum absolute atomic E-state index is 13.3. The van der Waals surface area contributed by atoms with Gasteiger partial charge in [-0.05, 0) is 53.8 Å². The number of aromatic nitrogens is 4. The lowest BCUT2D eigenvalue weighted by Crippen LogP contribution is -2.06. The van der Waals surface area contributed by atoms with Gasteiger partial charge in [0.15, 0.2) is 0 Å². The Hall–Kier alpha value is -3.52. The summed E-state index contributed by atoms with van der Waals surface area (Å²) in [5.74, 6) is 1.18. The normalized spacial score (nSPS) is 11.2. The SMILES string of the molecule is Fc1ccc2nc(Nc3ccc(CCNc4ncnc5ccsc45)cc3)[nH]c2c1. The Morgan fingerprint density at radius 1 is 1.00 bits per heavy atom. The van der Waals surface area contributed by atoms with E-state index in [-0.39, 0.29) is 5.82 Å². The summed E-state index contributed by atoms with van der Waals surface area (Å²) >= 11 is 1.64. The van der Waals surface area contributed by atoms with Crippen molar-refractivity contribution in [2.24, 2.45) is 0 Å². The van der Waals surface area contributed by atoms with Gasteiger partial charge in [0, 0.05) is 12.2 Å². The molecule has 0 radical (unpaired) electrons. The molecule has 0 amide bonds. The molecule has 3 N–H and O–H groups in total. The fourth-order valence-corrected chi connectivity index (χ4v) is 3.98. The first-order valence-corrected chi connectivity index (χ1v) is 10.1. The van der Waals surface area contributed by atoms with Crippen LogP contribution in [0.2, 0.25) is 0 Å². The number of nitrogens with zero attached hydrogens (tertiary/aromatic N) is 3. The van der Waals surface area contributed by atoms with Crippen LogP contribution in [0.3, 0.4) is 0 Å². The second-order valence-electron chi connectivity index (χ2n) is 6.60. The highest BCUT2D eigenvalue weighted by Gasteiger charge is 2.06. The van der Waals surface area contributed by atoms with Crippen LogP contribution in [0, 0.1) is 5.82 Å². The van der Waals surface area contributed by atoms with E-state index < -0.39 is 0 Å². The zero-order valence-electron chi connectivity index (χ0n) is 15.3. The van der Waals surface area contributed by atoms with E-state index in [2.05, 4.69) is 42.7 Å². The van der Waals surface area contributed by atoms with Gasteiger partial charge in [-0.3, -0.25) is 0 Å². The van der Waals surface area contributed by atoms with Crippen LogP contribution in [0.15, 0.2) is 60.2 Å². The highest BCUT2D eigenvalue weighted by molar-refractivity contribution is 7.17. The lowest BCUT2D eigenvalue weighted by molar-refractivity contribution is 0.629. The summed E-state index contributed by atoms with van der Waals surface area (Å²) in [5, 5.41) is 8.64. The molecule has 0 bridgehead atoms. The highest BCUT2D eigenvalue weighted by Crippen LogP contribution is 2.25. The van der Waals surface area contributed by atoms with Crippen LogP contribution in [0.25, 0.3) is 21.3 Å². The van der Waals surface area contributed by atoms with Crippen molar-refractivity contribution in [1.29, 1.82) is 0 Å². The van der Waals surface area contributed by atoms with Crippen molar-refractivity contribution < 1.29 is 4.39 Å². The van der Waals surface area contributed by atoms with Crippen molar-refractivity contribution >= 4 is 50.0 Å². The zero-order chi connectivity index (χ0) is 19.6.